The maximum Gasteiger partial charge on any atom is 0.0516 e. The first-order valence-corrected chi connectivity index (χ1v) is 5.21. The molecule has 0 aromatic rings. The van der Waals surface area contributed by atoms with Gasteiger partial charge in [-0.05, 0) is 37.6 Å². The average molecular weight is 198 g/mol. The van der Waals surface area contributed by atoms with Crippen molar-refractivity contribution in [3.8, 4) is 0 Å². The minimum Gasteiger partial charge on any atom is -0.401 e. The monoisotopic (exact) mass is 198 g/mol. The molecule has 2 atom stereocenters. The van der Waals surface area contributed by atoms with Crippen LogP contribution in [0.5, 0.6) is 0 Å². The van der Waals surface area contributed by atoms with Crippen LogP contribution in [0.3, 0.4) is 0 Å². The minimum absolute atomic E-state index is 0.0689. The van der Waals surface area contributed by atoms with Gasteiger partial charge in [0, 0.05) is 22.7 Å². The van der Waals surface area contributed by atoms with Crippen LogP contribution in [0.25, 0.3) is 0 Å². The van der Waals surface area contributed by atoms with Crippen LogP contribution in [0.15, 0.2) is 52.8 Å². The summed E-state index contributed by atoms with van der Waals surface area (Å²) in [6, 6.07) is 0. The summed E-state index contributed by atoms with van der Waals surface area (Å²) in [4.78, 5) is 4.49. The highest BCUT2D eigenvalue weighted by molar-refractivity contribution is 6.07. The molecule has 2 unspecified atom stereocenters. The summed E-state index contributed by atoms with van der Waals surface area (Å²) in [5, 5.41) is 0. The number of aliphatic imine (C=N–C) groups is 1. The van der Waals surface area contributed by atoms with Crippen molar-refractivity contribution < 1.29 is 0 Å². The molecule has 0 saturated carbocycles. The molecule has 0 aromatic heterocycles. The van der Waals surface area contributed by atoms with E-state index in [2.05, 4.69) is 43.1 Å². The fraction of sp³-hybridized carbons (Fsp3) is 0.308. The molecule has 2 aliphatic carbocycles. The third-order valence-corrected chi connectivity index (χ3v) is 4.19. The van der Waals surface area contributed by atoms with Crippen molar-refractivity contribution >= 4 is 5.71 Å². The van der Waals surface area contributed by atoms with Crippen LogP contribution in [0.2, 0.25) is 0 Å². The van der Waals surface area contributed by atoms with Crippen LogP contribution in [0.1, 0.15) is 13.8 Å². The van der Waals surface area contributed by atoms with E-state index in [1.54, 1.807) is 0 Å². The van der Waals surface area contributed by atoms with E-state index in [0.29, 0.717) is 0 Å². The summed E-state index contributed by atoms with van der Waals surface area (Å²) in [7, 11) is 0. The topological polar surface area (TPSA) is 38.4 Å². The Morgan fingerprint density at radius 1 is 1.33 bits per heavy atom. The molecule has 2 heteroatoms. The zero-order chi connectivity index (χ0) is 10.7. The molecule has 0 spiro atoms. The molecule has 0 aromatic carbocycles. The van der Waals surface area contributed by atoms with Crippen molar-refractivity contribution in [1.29, 1.82) is 0 Å². The Bertz CT molecular complexity index is 491. The van der Waals surface area contributed by atoms with E-state index in [-0.39, 0.29) is 10.8 Å². The number of allylic oxidation sites excluding steroid dienone is 6. The Balaban J connectivity index is 2.35. The molecule has 2 nitrogen and oxygen atoms in total. The standard InChI is InChI=1S/C13H14N2/c1-12-6-5-11-13(12,2)9(8-10(12)14)4-3-7-15-11/h3-8H,14H2,1-2H3. The highest BCUT2D eigenvalue weighted by atomic mass is 14.8. The van der Waals surface area contributed by atoms with E-state index in [1.165, 1.54) is 5.57 Å². The molecular weight excluding hydrogens is 184 g/mol. The Hall–Kier alpha value is -1.57. The smallest absolute Gasteiger partial charge is 0.0516 e. The Labute approximate surface area is 89.6 Å². The van der Waals surface area contributed by atoms with Gasteiger partial charge < -0.3 is 5.73 Å². The normalized spacial score (nSPS) is 40.8. The number of nitrogens with zero attached hydrogens (tertiary/aromatic N) is 1. The summed E-state index contributed by atoms with van der Waals surface area (Å²) < 4.78 is 0. The summed E-state index contributed by atoms with van der Waals surface area (Å²) in [5.74, 6) is 0. The first kappa shape index (κ1) is 8.72. The minimum atomic E-state index is -0.0936. The Kier molecular flexibility index (Phi) is 1.35. The second kappa shape index (κ2) is 2.32. The molecule has 0 fully saturated rings. The summed E-state index contributed by atoms with van der Waals surface area (Å²) >= 11 is 0. The van der Waals surface area contributed by atoms with Crippen LogP contribution in [0, 0.1) is 10.8 Å². The summed E-state index contributed by atoms with van der Waals surface area (Å²) in [6.07, 6.45) is 12.3. The number of hydrogen-bond donors (Lipinski definition) is 1. The van der Waals surface area contributed by atoms with Gasteiger partial charge in [-0.1, -0.05) is 12.2 Å². The number of nitrogens with two attached hydrogens (primary N) is 1. The van der Waals surface area contributed by atoms with E-state index in [1.807, 2.05) is 12.3 Å². The van der Waals surface area contributed by atoms with Crippen LogP contribution >= 0.6 is 0 Å². The second-order valence-corrected chi connectivity index (χ2v) is 4.74. The molecule has 0 radical (unpaired) electrons. The van der Waals surface area contributed by atoms with Crippen molar-refractivity contribution in [3.63, 3.8) is 0 Å². The van der Waals surface area contributed by atoms with Gasteiger partial charge in [0.2, 0.25) is 0 Å². The van der Waals surface area contributed by atoms with Crippen LogP contribution < -0.4 is 5.73 Å². The van der Waals surface area contributed by atoms with Crippen molar-refractivity contribution in [2.75, 3.05) is 0 Å². The van der Waals surface area contributed by atoms with Gasteiger partial charge in [0.1, 0.15) is 0 Å². The van der Waals surface area contributed by atoms with E-state index in [4.69, 9.17) is 5.73 Å². The fourth-order valence-corrected chi connectivity index (χ4v) is 2.80. The zero-order valence-corrected chi connectivity index (χ0v) is 8.99. The molecule has 1 heterocycles. The van der Waals surface area contributed by atoms with E-state index in [9.17, 15) is 0 Å². The molecule has 2 N–H and O–H groups in total. The number of rotatable bonds is 0. The van der Waals surface area contributed by atoms with Gasteiger partial charge in [-0.2, -0.15) is 0 Å². The predicted molar refractivity (Wildman–Crippen MR) is 62.3 cm³/mol. The quantitative estimate of drug-likeness (QED) is 0.637. The van der Waals surface area contributed by atoms with Gasteiger partial charge >= 0.3 is 0 Å². The van der Waals surface area contributed by atoms with Gasteiger partial charge in [-0.25, -0.2) is 0 Å². The summed E-state index contributed by atoms with van der Waals surface area (Å²) in [5.41, 5.74) is 9.29. The predicted octanol–water partition coefficient (Wildman–Crippen LogP) is 2.32. The van der Waals surface area contributed by atoms with Crippen molar-refractivity contribution in [3.05, 3.63) is 47.9 Å². The Morgan fingerprint density at radius 2 is 2.13 bits per heavy atom. The third-order valence-electron chi connectivity index (χ3n) is 4.19. The van der Waals surface area contributed by atoms with E-state index in [0.717, 1.165) is 11.4 Å². The first-order chi connectivity index (χ1) is 7.09. The maximum absolute atomic E-state index is 6.14. The van der Waals surface area contributed by atoms with E-state index >= 15 is 0 Å². The lowest BCUT2D eigenvalue weighted by Crippen LogP contribution is -2.38. The molecule has 76 valence electrons. The summed E-state index contributed by atoms with van der Waals surface area (Å²) in [6.45, 7) is 4.41. The van der Waals surface area contributed by atoms with Crippen LogP contribution in [-0.2, 0) is 0 Å². The average Bonchev–Trinajstić information content (AvgIpc) is 2.49. The highest BCUT2D eigenvalue weighted by Gasteiger charge is 2.56. The van der Waals surface area contributed by atoms with Crippen LogP contribution in [0.4, 0.5) is 0 Å². The zero-order valence-electron chi connectivity index (χ0n) is 8.99. The SMILES string of the molecule is CC12C=CC3=NC=CC=C(C=C1N)C32C. The maximum atomic E-state index is 6.14. The van der Waals surface area contributed by atoms with Gasteiger partial charge in [0.05, 0.1) is 5.71 Å². The first-order valence-electron chi connectivity index (χ1n) is 5.21. The van der Waals surface area contributed by atoms with Gasteiger partial charge in [0.15, 0.2) is 0 Å². The third kappa shape index (κ3) is 0.751. The lowest BCUT2D eigenvalue weighted by molar-refractivity contribution is 0.342. The largest absolute Gasteiger partial charge is 0.401 e. The van der Waals surface area contributed by atoms with Crippen molar-refractivity contribution in [1.82, 2.24) is 0 Å². The molecule has 0 amide bonds. The van der Waals surface area contributed by atoms with Crippen molar-refractivity contribution in [2.45, 2.75) is 13.8 Å². The molecule has 0 bridgehead atoms. The lowest BCUT2D eigenvalue weighted by Gasteiger charge is -2.36. The molecule has 3 aliphatic rings. The second-order valence-electron chi connectivity index (χ2n) is 4.74. The molecule has 3 rings (SSSR count). The molecule has 1 aliphatic heterocycles. The van der Waals surface area contributed by atoms with Gasteiger partial charge in [0.25, 0.3) is 0 Å². The molecular formula is C13H14N2. The lowest BCUT2D eigenvalue weighted by atomic mass is 9.66. The molecule has 15 heavy (non-hydrogen) atoms. The van der Waals surface area contributed by atoms with Gasteiger partial charge in [-0.3, -0.25) is 4.99 Å². The highest BCUT2D eigenvalue weighted by Crippen LogP contribution is 2.59. The molecule has 0 saturated heterocycles. The van der Waals surface area contributed by atoms with Crippen molar-refractivity contribution in [2.24, 2.45) is 21.6 Å². The number of hydrogen-bond acceptors (Lipinski definition) is 2. The van der Waals surface area contributed by atoms with Gasteiger partial charge in [-0.15, -0.1) is 0 Å². The Morgan fingerprint density at radius 3 is 2.93 bits per heavy atom. The fourth-order valence-electron chi connectivity index (χ4n) is 2.80. The van der Waals surface area contributed by atoms with Crippen LogP contribution in [-0.4, -0.2) is 5.71 Å². The van der Waals surface area contributed by atoms with E-state index < -0.39 is 0 Å².